The predicted molar refractivity (Wildman–Crippen MR) is 61.0 cm³/mol. The maximum absolute atomic E-state index is 13.5. The van der Waals surface area contributed by atoms with Crippen LogP contribution >= 0.6 is 0 Å². The molecular weight excluding hydrogens is 247 g/mol. The van der Waals surface area contributed by atoms with E-state index in [0.717, 1.165) is 12.1 Å². The minimum absolute atomic E-state index is 0.0217. The Hall–Kier alpha value is -1.72. The average Bonchev–Trinajstić information content (AvgIpc) is 2.33. The first-order valence-corrected chi connectivity index (χ1v) is 5.49. The Morgan fingerprint density at radius 2 is 1.94 bits per heavy atom. The number of aliphatic carboxylic acids is 1. The minimum atomic E-state index is -1.55. The molecule has 0 saturated heterocycles. The molecule has 0 aromatic heterocycles. The van der Waals surface area contributed by atoms with Crippen molar-refractivity contribution in [3.63, 3.8) is 0 Å². The fourth-order valence-electron chi connectivity index (χ4n) is 1.57. The lowest BCUT2D eigenvalue weighted by Crippen LogP contribution is -2.32. The largest absolute Gasteiger partial charge is 0.481 e. The zero-order valence-corrected chi connectivity index (χ0v) is 10.1. The summed E-state index contributed by atoms with van der Waals surface area (Å²) in [6.45, 7) is 3.45. The topological polar surface area (TPSA) is 40.5 Å². The summed E-state index contributed by atoms with van der Waals surface area (Å²) in [5.41, 5.74) is -0.135. The van der Waals surface area contributed by atoms with Crippen molar-refractivity contribution in [2.24, 2.45) is 5.92 Å². The molecule has 1 rings (SSSR count). The van der Waals surface area contributed by atoms with Gasteiger partial charge in [-0.05, 0) is 19.1 Å². The molecule has 1 aromatic rings. The first-order chi connectivity index (χ1) is 8.38. The Bertz CT molecular complexity index is 451. The van der Waals surface area contributed by atoms with E-state index in [4.69, 9.17) is 5.11 Å². The normalized spacial score (nSPS) is 12.3. The summed E-state index contributed by atoms with van der Waals surface area (Å²) in [4.78, 5) is 12.1. The van der Waals surface area contributed by atoms with Gasteiger partial charge >= 0.3 is 5.97 Å². The third-order valence-corrected chi connectivity index (χ3v) is 2.65. The van der Waals surface area contributed by atoms with Crippen molar-refractivity contribution >= 4 is 11.7 Å². The van der Waals surface area contributed by atoms with Gasteiger partial charge in [0.15, 0.2) is 17.5 Å². The molecule has 0 aliphatic rings. The quantitative estimate of drug-likeness (QED) is 0.828. The number of carboxylic acid groups (broad SMARTS) is 1. The van der Waals surface area contributed by atoms with Gasteiger partial charge in [-0.3, -0.25) is 4.79 Å². The molecule has 1 unspecified atom stereocenters. The van der Waals surface area contributed by atoms with Crippen molar-refractivity contribution < 1.29 is 23.1 Å². The van der Waals surface area contributed by atoms with Crippen LogP contribution in [0.5, 0.6) is 0 Å². The molecule has 3 nitrogen and oxygen atoms in total. The molecule has 18 heavy (non-hydrogen) atoms. The maximum atomic E-state index is 13.5. The van der Waals surface area contributed by atoms with Gasteiger partial charge in [-0.25, -0.2) is 13.2 Å². The summed E-state index contributed by atoms with van der Waals surface area (Å²) in [6, 6.07) is 1.92. The number of benzene rings is 1. The summed E-state index contributed by atoms with van der Waals surface area (Å²) in [6.07, 6.45) is 0. The van der Waals surface area contributed by atoms with Crippen molar-refractivity contribution in [3.05, 3.63) is 29.6 Å². The summed E-state index contributed by atoms with van der Waals surface area (Å²) in [5, 5.41) is 8.79. The van der Waals surface area contributed by atoms with E-state index in [1.807, 2.05) is 0 Å². The van der Waals surface area contributed by atoms with Gasteiger partial charge in [-0.1, -0.05) is 6.92 Å². The van der Waals surface area contributed by atoms with Gasteiger partial charge in [0.25, 0.3) is 0 Å². The van der Waals surface area contributed by atoms with Crippen LogP contribution in [0.25, 0.3) is 0 Å². The Kier molecular flexibility index (Phi) is 4.58. The highest BCUT2D eigenvalue weighted by atomic mass is 19.2. The van der Waals surface area contributed by atoms with Gasteiger partial charge in [0, 0.05) is 13.1 Å². The lowest BCUT2D eigenvalue weighted by Gasteiger charge is -2.25. The van der Waals surface area contributed by atoms with E-state index >= 15 is 0 Å². The van der Waals surface area contributed by atoms with Crippen molar-refractivity contribution in [2.75, 3.05) is 18.0 Å². The number of nitrogens with zero attached hydrogens (tertiary/aromatic N) is 1. The summed E-state index contributed by atoms with van der Waals surface area (Å²) >= 11 is 0. The Labute approximate surface area is 103 Å². The molecule has 0 saturated carbocycles. The fraction of sp³-hybridized carbons (Fsp3) is 0.417. The van der Waals surface area contributed by atoms with E-state index < -0.39 is 29.3 Å². The summed E-state index contributed by atoms with van der Waals surface area (Å²) in [7, 11) is 0. The molecule has 0 bridgehead atoms. The van der Waals surface area contributed by atoms with Gasteiger partial charge in [-0.2, -0.15) is 0 Å². The Balaban J connectivity index is 3.03. The molecule has 0 radical (unpaired) electrons. The van der Waals surface area contributed by atoms with Crippen LogP contribution < -0.4 is 4.90 Å². The SMILES string of the molecule is CCN(CC(C)C(=O)O)c1ccc(F)c(F)c1F. The minimum Gasteiger partial charge on any atom is -0.481 e. The number of carboxylic acids is 1. The molecule has 0 aliphatic heterocycles. The second kappa shape index (κ2) is 5.75. The number of hydrogen-bond donors (Lipinski definition) is 1. The highest BCUT2D eigenvalue weighted by molar-refractivity contribution is 5.70. The number of hydrogen-bond acceptors (Lipinski definition) is 2. The van der Waals surface area contributed by atoms with Crippen LogP contribution in [0.2, 0.25) is 0 Å². The monoisotopic (exact) mass is 261 g/mol. The maximum Gasteiger partial charge on any atom is 0.308 e. The molecule has 0 fully saturated rings. The molecule has 0 amide bonds. The van der Waals surface area contributed by atoms with Crippen LogP contribution in [-0.4, -0.2) is 24.2 Å². The third-order valence-electron chi connectivity index (χ3n) is 2.65. The Morgan fingerprint density at radius 3 is 2.44 bits per heavy atom. The molecule has 0 heterocycles. The lowest BCUT2D eigenvalue weighted by molar-refractivity contribution is -0.140. The van der Waals surface area contributed by atoms with Gasteiger partial charge in [-0.15, -0.1) is 0 Å². The van der Waals surface area contributed by atoms with Crippen LogP contribution in [0, 0.1) is 23.4 Å². The molecule has 0 spiro atoms. The van der Waals surface area contributed by atoms with Crippen molar-refractivity contribution in [1.82, 2.24) is 0 Å². The van der Waals surface area contributed by atoms with E-state index in [-0.39, 0.29) is 12.2 Å². The van der Waals surface area contributed by atoms with Crippen LogP contribution in [0.3, 0.4) is 0 Å². The van der Waals surface area contributed by atoms with Gasteiger partial charge in [0.05, 0.1) is 11.6 Å². The summed E-state index contributed by atoms with van der Waals surface area (Å²) < 4.78 is 39.4. The van der Waals surface area contributed by atoms with Crippen LogP contribution in [0.1, 0.15) is 13.8 Å². The molecule has 100 valence electrons. The second-order valence-electron chi connectivity index (χ2n) is 3.97. The van der Waals surface area contributed by atoms with Crippen molar-refractivity contribution in [1.29, 1.82) is 0 Å². The van der Waals surface area contributed by atoms with Crippen LogP contribution in [0.4, 0.5) is 18.9 Å². The standard InChI is InChI=1S/C12H14F3NO2/c1-3-16(6-7(2)12(17)18)9-5-4-8(13)10(14)11(9)15/h4-5,7H,3,6H2,1-2H3,(H,17,18). The molecule has 0 aliphatic carbocycles. The van der Waals surface area contributed by atoms with E-state index in [9.17, 15) is 18.0 Å². The highest BCUT2D eigenvalue weighted by Gasteiger charge is 2.21. The predicted octanol–water partition coefficient (Wildman–Crippen LogP) is 2.65. The number of rotatable bonds is 5. The fourth-order valence-corrected chi connectivity index (χ4v) is 1.57. The van der Waals surface area contributed by atoms with Crippen molar-refractivity contribution in [2.45, 2.75) is 13.8 Å². The number of carbonyl (C=O) groups is 1. The molecule has 6 heteroatoms. The zero-order valence-electron chi connectivity index (χ0n) is 10.1. The van der Waals surface area contributed by atoms with Crippen LogP contribution in [0.15, 0.2) is 12.1 Å². The number of halogens is 3. The first-order valence-electron chi connectivity index (χ1n) is 5.49. The van der Waals surface area contributed by atoms with Gasteiger partial charge in [0.1, 0.15) is 0 Å². The highest BCUT2D eigenvalue weighted by Crippen LogP contribution is 2.24. The zero-order chi connectivity index (χ0) is 13.9. The smallest absolute Gasteiger partial charge is 0.308 e. The number of anilines is 1. The average molecular weight is 261 g/mol. The Morgan fingerprint density at radius 1 is 1.33 bits per heavy atom. The first kappa shape index (κ1) is 14.3. The van der Waals surface area contributed by atoms with E-state index in [1.165, 1.54) is 11.8 Å². The molecule has 1 aromatic carbocycles. The van der Waals surface area contributed by atoms with E-state index in [0.29, 0.717) is 6.54 Å². The van der Waals surface area contributed by atoms with E-state index in [1.54, 1.807) is 6.92 Å². The van der Waals surface area contributed by atoms with Gasteiger partial charge < -0.3 is 10.0 Å². The second-order valence-corrected chi connectivity index (χ2v) is 3.97. The summed E-state index contributed by atoms with van der Waals surface area (Å²) in [5.74, 6) is -5.88. The third kappa shape index (κ3) is 2.94. The molecule has 1 N–H and O–H groups in total. The molecular formula is C12H14F3NO2. The van der Waals surface area contributed by atoms with Crippen molar-refractivity contribution in [3.8, 4) is 0 Å². The van der Waals surface area contributed by atoms with E-state index in [2.05, 4.69) is 0 Å². The molecule has 1 atom stereocenters. The van der Waals surface area contributed by atoms with Crippen LogP contribution in [-0.2, 0) is 4.79 Å². The lowest BCUT2D eigenvalue weighted by atomic mass is 10.1. The van der Waals surface area contributed by atoms with Gasteiger partial charge in [0.2, 0.25) is 0 Å².